The third-order valence-electron chi connectivity index (χ3n) is 4.59. The summed E-state index contributed by atoms with van der Waals surface area (Å²) in [6.45, 7) is 1.80. The van der Waals surface area contributed by atoms with Gasteiger partial charge in [-0.15, -0.1) is 0 Å². The number of carbonyl (C=O) groups excluding carboxylic acids is 1. The first-order valence-electron chi connectivity index (χ1n) is 9.80. The van der Waals surface area contributed by atoms with Crippen LogP contribution in [0, 0.1) is 18.3 Å². The molecule has 0 fully saturated rings. The Morgan fingerprint density at radius 3 is 2.40 bits per heavy atom. The van der Waals surface area contributed by atoms with E-state index >= 15 is 0 Å². The lowest BCUT2D eigenvalue weighted by Crippen LogP contribution is -2.15. The molecular formula is C24H16ClF3N2O4S. The fourth-order valence-corrected chi connectivity index (χ4v) is 3.93. The molecule has 0 saturated carbocycles. The molecule has 0 unspecified atom stereocenters. The minimum Gasteiger partial charge on any atom is -0.379 e. The second-order valence-electron chi connectivity index (χ2n) is 7.24. The zero-order chi connectivity index (χ0) is 25.8. The lowest BCUT2D eigenvalue weighted by atomic mass is 10.1. The van der Waals surface area contributed by atoms with Crippen LogP contribution >= 0.6 is 11.6 Å². The van der Waals surface area contributed by atoms with Crippen molar-refractivity contribution in [2.75, 3.05) is 5.32 Å². The second-order valence-corrected chi connectivity index (χ2v) is 9.19. The number of nitriles is 1. The standard InChI is InChI=1S/C24H16ClF3N2O4S/c1-15-5-8-20(9-6-15)35(32,33)34-19-4-2-3-16(12-19)11-17(14-29)23(31)30-22-13-18(24(26,27)28)7-10-21(22)25/h2-13H,1H3,(H,30,31)/b17-11+. The van der Waals surface area contributed by atoms with Crippen LogP contribution in [0.2, 0.25) is 5.02 Å². The molecule has 180 valence electrons. The number of aryl methyl sites for hydroxylation is 1. The molecule has 0 heterocycles. The Morgan fingerprint density at radius 1 is 1.09 bits per heavy atom. The van der Waals surface area contributed by atoms with Crippen LogP contribution in [0.4, 0.5) is 18.9 Å². The first-order valence-corrected chi connectivity index (χ1v) is 11.6. The van der Waals surface area contributed by atoms with Gasteiger partial charge in [-0.05, 0) is 61.0 Å². The summed E-state index contributed by atoms with van der Waals surface area (Å²) < 4.78 is 69.0. The number of nitrogens with zero attached hydrogens (tertiary/aromatic N) is 1. The molecule has 0 radical (unpaired) electrons. The monoisotopic (exact) mass is 520 g/mol. The van der Waals surface area contributed by atoms with E-state index in [9.17, 15) is 31.6 Å². The molecule has 3 aromatic rings. The Hall–Kier alpha value is -3.81. The topological polar surface area (TPSA) is 96.3 Å². The van der Waals surface area contributed by atoms with Gasteiger partial charge in [0.25, 0.3) is 5.91 Å². The number of hydrogen-bond acceptors (Lipinski definition) is 5. The maximum atomic E-state index is 13.0. The fraction of sp³-hybridized carbons (Fsp3) is 0.0833. The van der Waals surface area contributed by atoms with E-state index in [-0.39, 0.29) is 26.9 Å². The second kappa shape index (κ2) is 10.2. The van der Waals surface area contributed by atoms with Gasteiger partial charge in [0.2, 0.25) is 0 Å². The predicted molar refractivity (Wildman–Crippen MR) is 124 cm³/mol. The molecule has 1 N–H and O–H groups in total. The van der Waals surface area contributed by atoms with Crippen LogP contribution in [0.25, 0.3) is 6.08 Å². The number of alkyl halides is 3. The van der Waals surface area contributed by atoms with Crippen molar-refractivity contribution in [1.82, 2.24) is 0 Å². The SMILES string of the molecule is Cc1ccc(S(=O)(=O)Oc2cccc(/C=C(\C#N)C(=O)Nc3cc(C(F)(F)F)ccc3Cl)c2)cc1. The van der Waals surface area contributed by atoms with E-state index < -0.39 is 33.3 Å². The Kier molecular flexibility index (Phi) is 7.53. The first-order chi connectivity index (χ1) is 16.4. The minimum atomic E-state index is -4.66. The summed E-state index contributed by atoms with van der Waals surface area (Å²) in [7, 11) is -4.13. The van der Waals surface area contributed by atoms with Crippen molar-refractivity contribution < 1.29 is 30.6 Å². The van der Waals surface area contributed by atoms with E-state index in [0.29, 0.717) is 6.07 Å². The van der Waals surface area contributed by atoms with Crippen LogP contribution in [0.1, 0.15) is 16.7 Å². The Bertz CT molecular complexity index is 1440. The van der Waals surface area contributed by atoms with Crippen LogP contribution in [0.5, 0.6) is 5.75 Å². The van der Waals surface area contributed by atoms with Gasteiger partial charge in [-0.3, -0.25) is 4.79 Å². The number of benzene rings is 3. The zero-order valence-corrected chi connectivity index (χ0v) is 19.5. The Balaban J connectivity index is 1.83. The van der Waals surface area contributed by atoms with Crippen molar-refractivity contribution in [3.8, 4) is 11.8 Å². The van der Waals surface area contributed by atoms with Gasteiger partial charge in [0.05, 0.1) is 16.3 Å². The van der Waals surface area contributed by atoms with Gasteiger partial charge < -0.3 is 9.50 Å². The summed E-state index contributed by atoms with van der Waals surface area (Å²) in [6, 6.07) is 15.6. The summed E-state index contributed by atoms with van der Waals surface area (Å²) in [5, 5.41) is 11.4. The van der Waals surface area contributed by atoms with Crippen LogP contribution in [0.15, 0.2) is 77.2 Å². The average molecular weight is 521 g/mol. The molecule has 3 rings (SSSR count). The number of hydrogen-bond donors (Lipinski definition) is 1. The largest absolute Gasteiger partial charge is 0.416 e. The number of rotatable bonds is 6. The molecule has 0 aliphatic carbocycles. The van der Waals surface area contributed by atoms with Gasteiger partial charge in [0, 0.05) is 0 Å². The summed E-state index contributed by atoms with van der Waals surface area (Å²) in [5.41, 5.74) is -0.710. The van der Waals surface area contributed by atoms with Crippen LogP contribution in [-0.4, -0.2) is 14.3 Å². The highest BCUT2D eigenvalue weighted by atomic mass is 35.5. The lowest BCUT2D eigenvalue weighted by molar-refractivity contribution is -0.137. The van der Waals surface area contributed by atoms with Gasteiger partial charge >= 0.3 is 16.3 Å². The molecule has 0 aliphatic rings. The highest BCUT2D eigenvalue weighted by Gasteiger charge is 2.31. The lowest BCUT2D eigenvalue weighted by Gasteiger charge is -2.11. The van der Waals surface area contributed by atoms with Crippen LogP contribution < -0.4 is 9.50 Å². The molecule has 0 spiro atoms. The minimum absolute atomic E-state index is 0.0564. The number of nitrogens with one attached hydrogen (secondary N) is 1. The average Bonchev–Trinajstić information content (AvgIpc) is 2.78. The predicted octanol–water partition coefficient (Wildman–Crippen LogP) is 5.98. The van der Waals surface area contributed by atoms with Gasteiger partial charge in [0.15, 0.2) is 0 Å². The van der Waals surface area contributed by atoms with Crippen molar-refractivity contribution in [2.45, 2.75) is 18.0 Å². The van der Waals surface area contributed by atoms with Crippen molar-refractivity contribution in [3.05, 3.63) is 94.0 Å². The quantitative estimate of drug-likeness (QED) is 0.245. The molecule has 1 amide bonds. The zero-order valence-electron chi connectivity index (χ0n) is 17.9. The molecular weight excluding hydrogens is 505 g/mol. The van der Waals surface area contributed by atoms with Gasteiger partial charge in [0.1, 0.15) is 22.3 Å². The Morgan fingerprint density at radius 2 is 1.77 bits per heavy atom. The summed E-state index contributed by atoms with van der Waals surface area (Å²) in [6.07, 6.45) is -3.53. The molecule has 3 aromatic carbocycles. The van der Waals surface area contributed by atoms with Crippen molar-refractivity contribution in [1.29, 1.82) is 5.26 Å². The number of halogens is 4. The maximum Gasteiger partial charge on any atom is 0.416 e. The number of amides is 1. The number of anilines is 1. The molecule has 0 aliphatic heterocycles. The molecule has 0 atom stereocenters. The van der Waals surface area contributed by atoms with Crippen LogP contribution in [-0.2, 0) is 21.1 Å². The highest BCUT2D eigenvalue weighted by molar-refractivity contribution is 7.87. The van der Waals surface area contributed by atoms with Crippen molar-refractivity contribution in [2.24, 2.45) is 0 Å². The van der Waals surface area contributed by atoms with E-state index in [1.807, 2.05) is 0 Å². The molecule has 0 aromatic heterocycles. The number of carbonyl (C=O) groups is 1. The van der Waals surface area contributed by atoms with Gasteiger partial charge in [-0.2, -0.15) is 26.9 Å². The van der Waals surface area contributed by atoms with Gasteiger partial charge in [-0.1, -0.05) is 41.4 Å². The molecule has 6 nitrogen and oxygen atoms in total. The van der Waals surface area contributed by atoms with Crippen LogP contribution in [0.3, 0.4) is 0 Å². The maximum absolute atomic E-state index is 13.0. The molecule has 35 heavy (non-hydrogen) atoms. The van der Waals surface area contributed by atoms with E-state index in [4.69, 9.17) is 15.8 Å². The summed E-state index contributed by atoms with van der Waals surface area (Å²) >= 11 is 5.88. The summed E-state index contributed by atoms with van der Waals surface area (Å²) in [5.74, 6) is -1.08. The molecule has 0 bridgehead atoms. The highest BCUT2D eigenvalue weighted by Crippen LogP contribution is 2.34. The van der Waals surface area contributed by atoms with E-state index in [1.165, 1.54) is 36.4 Å². The Labute approximate surface area is 204 Å². The third-order valence-corrected chi connectivity index (χ3v) is 6.18. The first kappa shape index (κ1) is 25.8. The smallest absolute Gasteiger partial charge is 0.379 e. The normalized spacial score (nSPS) is 12.1. The van der Waals surface area contributed by atoms with E-state index in [1.54, 1.807) is 25.1 Å². The van der Waals surface area contributed by atoms with Gasteiger partial charge in [-0.25, -0.2) is 0 Å². The fourth-order valence-electron chi connectivity index (χ4n) is 2.84. The van der Waals surface area contributed by atoms with E-state index in [0.717, 1.165) is 23.8 Å². The van der Waals surface area contributed by atoms with E-state index in [2.05, 4.69) is 5.32 Å². The van der Waals surface area contributed by atoms with Crippen molar-refractivity contribution >= 4 is 39.4 Å². The van der Waals surface area contributed by atoms with Crippen molar-refractivity contribution in [3.63, 3.8) is 0 Å². The molecule has 11 heteroatoms. The third kappa shape index (κ3) is 6.62. The molecule has 0 saturated heterocycles. The summed E-state index contributed by atoms with van der Waals surface area (Å²) in [4.78, 5) is 12.5.